The summed E-state index contributed by atoms with van der Waals surface area (Å²) in [5, 5.41) is 7.14. The average molecular weight is 383 g/mol. The van der Waals surface area contributed by atoms with Gasteiger partial charge in [-0.15, -0.1) is 0 Å². The molecule has 150 valence electrons. The topological polar surface area (TPSA) is 80.1 Å². The molecule has 1 fully saturated rings. The van der Waals surface area contributed by atoms with Crippen molar-refractivity contribution in [2.45, 2.75) is 46.7 Å². The molecular weight excluding hydrogens is 354 g/mol. The van der Waals surface area contributed by atoms with Gasteiger partial charge in [0.05, 0.1) is 6.54 Å². The first-order valence-corrected chi connectivity index (χ1v) is 9.80. The van der Waals surface area contributed by atoms with Crippen molar-refractivity contribution in [3.63, 3.8) is 0 Å². The molecule has 1 aromatic carbocycles. The van der Waals surface area contributed by atoms with E-state index in [9.17, 15) is 9.59 Å². The Kier molecular flexibility index (Phi) is 6.11. The zero-order chi connectivity index (χ0) is 20.1. The monoisotopic (exact) mass is 383 g/mol. The van der Waals surface area contributed by atoms with Crippen molar-refractivity contribution in [3.8, 4) is 0 Å². The Labute approximate surface area is 166 Å². The summed E-state index contributed by atoms with van der Waals surface area (Å²) in [7, 11) is 0. The van der Waals surface area contributed by atoms with Gasteiger partial charge in [-0.1, -0.05) is 45.0 Å². The summed E-state index contributed by atoms with van der Waals surface area (Å²) < 4.78 is 1.77. The highest BCUT2D eigenvalue weighted by Gasteiger charge is 2.32. The fourth-order valence-electron chi connectivity index (χ4n) is 3.42. The van der Waals surface area contributed by atoms with Gasteiger partial charge in [0, 0.05) is 31.0 Å². The van der Waals surface area contributed by atoms with Crippen LogP contribution in [0.4, 0.5) is 0 Å². The fraction of sp³-hybridized carbons (Fsp3) is 0.524. The highest BCUT2D eigenvalue weighted by Crippen LogP contribution is 2.23. The quantitative estimate of drug-likeness (QED) is 0.859. The van der Waals surface area contributed by atoms with E-state index in [1.54, 1.807) is 11.0 Å². The molecule has 2 aromatic rings. The molecule has 2 heterocycles. The summed E-state index contributed by atoms with van der Waals surface area (Å²) in [4.78, 5) is 30.7. The summed E-state index contributed by atoms with van der Waals surface area (Å²) in [5.41, 5.74) is 1.84. The number of likely N-dealkylation sites (tertiary alicyclic amines) is 1. The maximum absolute atomic E-state index is 12.5. The Hall–Kier alpha value is -2.70. The lowest BCUT2D eigenvalue weighted by Crippen LogP contribution is -2.46. The molecule has 0 saturated carbocycles. The van der Waals surface area contributed by atoms with Crippen LogP contribution in [0.25, 0.3) is 0 Å². The van der Waals surface area contributed by atoms with Crippen molar-refractivity contribution in [1.82, 2.24) is 25.0 Å². The standard InChI is InChI=1S/C21H29N5O2/c1-21(2,3)20(28)25-10-8-18(9-11-25)19(27)23-12-16-4-6-17(7-5-16)13-26-15-22-14-24-26/h4-7,14-15,18H,8-13H2,1-3H3,(H,23,27). The largest absolute Gasteiger partial charge is 0.352 e. The number of amides is 2. The van der Waals surface area contributed by atoms with Crippen molar-refractivity contribution < 1.29 is 9.59 Å². The van der Waals surface area contributed by atoms with Crippen LogP contribution in [-0.4, -0.2) is 44.6 Å². The number of piperidine rings is 1. The molecule has 3 rings (SSSR count). The maximum Gasteiger partial charge on any atom is 0.227 e. The summed E-state index contributed by atoms with van der Waals surface area (Å²) in [5.74, 6) is 0.225. The van der Waals surface area contributed by atoms with Crippen LogP contribution in [-0.2, 0) is 22.7 Å². The van der Waals surface area contributed by atoms with Crippen molar-refractivity contribution in [3.05, 3.63) is 48.0 Å². The Morgan fingerprint density at radius 1 is 1.11 bits per heavy atom. The summed E-state index contributed by atoms with van der Waals surface area (Å²) in [6.45, 7) is 8.32. The van der Waals surface area contributed by atoms with E-state index in [0.717, 1.165) is 24.0 Å². The average Bonchev–Trinajstić information content (AvgIpc) is 3.19. The number of hydrogen-bond acceptors (Lipinski definition) is 4. The molecule has 0 spiro atoms. The summed E-state index contributed by atoms with van der Waals surface area (Å²) in [6, 6.07) is 8.13. The molecule has 0 atom stereocenters. The van der Waals surface area contributed by atoms with Crippen LogP contribution >= 0.6 is 0 Å². The number of carbonyl (C=O) groups is 2. The van der Waals surface area contributed by atoms with E-state index in [1.807, 2.05) is 49.9 Å². The van der Waals surface area contributed by atoms with Gasteiger partial charge in [0.2, 0.25) is 11.8 Å². The molecule has 0 radical (unpaired) electrons. The molecule has 1 aromatic heterocycles. The van der Waals surface area contributed by atoms with E-state index in [0.29, 0.717) is 26.2 Å². The van der Waals surface area contributed by atoms with E-state index in [2.05, 4.69) is 15.4 Å². The van der Waals surface area contributed by atoms with Gasteiger partial charge in [0.15, 0.2) is 0 Å². The van der Waals surface area contributed by atoms with Gasteiger partial charge in [-0.3, -0.25) is 9.59 Å². The van der Waals surface area contributed by atoms with Gasteiger partial charge in [0.25, 0.3) is 0 Å². The number of carbonyl (C=O) groups excluding carboxylic acids is 2. The Balaban J connectivity index is 1.44. The van der Waals surface area contributed by atoms with Crippen LogP contribution in [0.15, 0.2) is 36.9 Å². The van der Waals surface area contributed by atoms with Gasteiger partial charge in [-0.2, -0.15) is 5.10 Å². The SMILES string of the molecule is CC(C)(C)C(=O)N1CCC(C(=O)NCc2ccc(Cn3cncn3)cc2)CC1. The van der Waals surface area contributed by atoms with Crippen LogP contribution in [0.3, 0.4) is 0 Å². The molecule has 0 bridgehead atoms. The number of benzene rings is 1. The number of aromatic nitrogens is 3. The second kappa shape index (κ2) is 8.54. The van der Waals surface area contributed by atoms with E-state index in [1.165, 1.54) is 6.33 Å². The predicted molar refractivity (Wildman–Crippen MR) is 106 cm³/mol. The predicted octanol–water partition coefficient (Wildman–Crippen LogP) is 2.23. The molecule has 0 aliphatic carbocycles. The van der Waals surface area contributed by atoms with Crippen molar-refractivity contribution in [1.29, 1.82) is 0 Å². The first-order valence-electron chi connectivity index (χ1n) is 9.80. The smallest absolute Gasteiger partial charge is 0.227 e. The minimum Gasteiger partial charge on any atom is -0.352 e. The van der Waals surface area contributed by atoms with Gasteiger partial charge < -0.3 is 10.2 Å². The number of rotatable bonds is 5. The number of nitrogens with one attached hydrogen (secondary N) is 1. The minimum atomic E-state index is -0.366. The summed E-state index contributed by atoms with van der Waals surface area (Å²) >= 11 is 0. The lowest BCUT2D eigenvalue weighted by Gasteiger charge is -2.35. The number of nitrogens with zero attached hydrogens (tertiary/aromatic N) is 4. The molecule has 1 saturated heterocycles. The van der Waals surface area contributed by atoms with Crippen molar-refractivity contribution in [2.75, 3.05) is 13.1 Å². The van der Waals surface area contributed by atoms with Crippen LogP contribution < -0.4 is 5.32 Å². The molecule has 1 aliphatic rings. The lowest BCUT2D eigenvalue weighted by molar-refractivity contribution is -0.142. The molecule has 1 N–H and O–H groups in total. The fourth-order valence-corrected chi connectivity index (χ4v) is 3.42. The minimum absolute atomic E-state index is 0.0180. The van der Waals surface area contributed by atoms with Crippen LogP contribution in [0, 0.1) is 11.3 Å². The Morgan fingerprint density at radius 2 is 1.75 bits per heavy atom. The van der Waals surface area contributed by atoms with E-state index < -0.39 is 0 Å². The first-order chi connectivity index (χ1) is 13.3. The molecule has 7 heteroatoms. The highest BCUT2D eigenvalue weighted by molar-refractivity contribution is 5.82. The second-order valence-electron chi connectivity index (χ2n) is 8.44. The van der Waals surface area contributed by atoms with Crippen LogP contribution in [0.5, 0.6) is 0 Å². The van der Waals surface area contributed by atoms with Crippen LogP contribution in [0.2, 0.25) is 0 Å². The molecular formula is C21H29N5O2. The molecule has 0 unspecified atom stereocenters. The van der Waals surface area contributed by atoms with Gasteiger partial charge in [0.1, 0.15) is 12.7 Å². The number of hydrogen-bond donors (Lipinski definition) is 1. The Bertz CT molecular complexity index is 785. The zero-order valence-corrected chi connectivity index (χ0v) is 16.9. The molecule has 2 amide bonds. The van der Waals surface area contributed by atoms with Crippen LogP contribution in [0.1, 0.15) is 44.7 Å². The zero-order valence-electron chi connectivity index (χ0n) is 16.9. The third-order valence-corrected chi connectivity index (χ3v) is 5.10. The van der Waals surface area contributed by atoms with E-state index in [-0.39, 0.29) is 23.1 Å². The highest BCUT2D eigenvalue weighted by atomic mass is 16.2. The third-order valence-electron chi connectivity index (χ3n) is 5.10. The molecule has 1 aliphatic heterocycles. The summed E-state index contributed by atoms with van der Waals surface area (Å²) in [6.07, 6.45) is 4.66. The first kappa shape index (κ1) is 20.0. The normalized spacial score (nSPS) is 15.5. The lowest BCUT2D eigenvalue weighted by atomic mass is 9.90. The van der Waals surface area contributed by atoms with Gasteiger partial charge in [-0.05, 0) is 24.0 Å². The third kappa shape index (κ3) is 5.18. The van der Waals surface area contributed by atoms with Crippen molar-refractivity contribution >= 4 is 11.8 Å². The van der Waals surface area contributed by atoms with Gasteiger partial charge in [-0.25, -0.2) is 9.67 Å². The molecule has 7 nitrogen and oxygen atoms in total. The molecule has 28 heavy (non-hydrogen) atoms. The van der Waals surface area contributed by atoms with Crippen molar-refractivity contribution in [2.24, 2.45) is 11.3 Å². The van der Waals surface area contributed by atoms with E-state index >= 15 is 0 Å². The maximum atomic E-state index is 12.5. The Morgan fingerprint density at radius 3 is 2.32 bits per heavy atom. The van der Waals surface area contributed by atoms with E-state index in [4.69, 9.17) is 0 Å². The van der Waals surface area contributed by atoms with Gasteiger partial charge >= 0.3 is 0 Å². The second-order valence-corrected chi connectivity index (χ2v) is 8.44.